The zero-order chi connectivity index (χ0) is 13.8. The molecule has 1 aromatic heterocycles. The number of halogens is 1. The number of thiazole rings is 1. The maximum Gasteiger partial charge on any atom is 0.0954 e. The summed E-state index contributed by atoms with van der Waals surface area (Å²) < 4.78 is 0. The number of benzene rings is 1. The molecule has 0 atom stereocenters. The SMILES string of the molecule is CC(C)c1nc(CNc2cc(CO)ccc2Cl)cs1. The minimum absolute atomic E-state index is 0.0139. The molecule has 2 N–H and O–H groups in total. The number of aliphatic hydroxyl groups is 1. The van der Waals surface area contributed by atoms with Crippen molar-refractivity contribution in [3.63, 3.8) is 0 Å². The minimum Gasteiger partial charge on any atom is -0.392 e. The smallest absolute Gasteiger partial charge is 0.0954 e. The molecule has 2 rings (SSSR count). The normalized spacial score (nSPS) is 11.0. The van der Waals surface area contributed by atoms with Crippen LogP contribution in [0.5, 0.6) is 0 Å². The van der Waals surface area contributed by atoms with Gasteiger partial charge in [-0.3, -0.25) is 0 Å². The van der Waals surface area contributed by atoms with Gasteiger partial charge in [-0.2, -0.15) is 0 Å². The highest BCUT2D eigenvalue weighted by molar-refractivity contribution is 7.09. The zero-order valence-electron chi connectivity index (χ0n) is 11.0. The van der Waals surface area contributed by atoms with Gasteiger partial charge in [-0.15, -0.1) is 11.3 Å². The van der Waals surface area contributed by atoms with Crippen molar-refractivity contribution in [3.05, 3.63) is 44.9 Å². The maximum absolute atomic E-state index is 9.12. The summed E-state index contributed by atoms with van der Waals surface area (Å²) >= 11 is 7.79. The molecule has 3 nitrogen and oxygen atoms in total. The Labute approximate surface area is 122 Å². The van der Waals surface area contributed by atoms with E-state index in [9.17, 15) is 0 Å². The van der Waals surface area contributed by atoms with E-state index >= 15 is 0 Å². The summed E-state index contributed by atoms with van der Waals surface area (Å²) in [6.07, 6.45) is 0. The first kappa shape index (κ1) is 14.3. The molecule has 0 aliphatic carbocycles. The van der Waals surface area contributed by atoms with Crippen molar-refractivity contribution in [2.24, 2.45) is 0 Å². The van der Waals surface area contributed by atoms with Gasteiger partial charge < -0.3 is 10.4 Å². The predicted molar refractivity (Wildman–Crippen MR) is 80.9 cm³/mol. The molecule has 2 aromatic rings. The molecule has 0 fully saturated rings. The first-order valence-corrected chi connectivity index (χ1v) is 7.43. The molecule has 0 bridgehead atoms. The highest BCUT2D eigenvalue weighted by Crippen LogP contribution is 2.24. The van der Waals surface area contributed by atoms with Crippen molar-refractivity contribution in [2.75, 3.05) is 5.32 Å². The van der Waals surface area contributed by atoms with Crippen LogP contribution in [-0.2, 0) is 13.2 Å². The third-order valence-electron chi connectivity index (χ3n) is 2.74. The second kappa shape index (κ2) is 6.37. The molecule has 1 heterocycles. The summed E-state index contributed by atoms with van der Waals surface area (Å²) in [4.78, 5) is 4.56. The predicted octanol–water partition coefficient (Wildman–Crippen LogP) is 4.02. The van der Waals surface area contributed by atoms with E-state index in [1.54, 1.807) is 17.4 Å². The van der Waals surface area contributed by atoms with Gasteiger partial charge in [0.1, 0.15) is 0 Å². The van der Waals surface area contributed by atoms with Crippen LogP contribution >= 0.6 is 22.9 Å². The average Bonchev–Trinajstić information content (AvgIpc) is 2.87. The van der Waals surface area contributed by atoms with Gasteiger partial charge in [0.05, 0.1) is 34.6 Å². The molecule has 5 heteroatoms. The summed E-state index contributed by atoms with van der Waals surface area (Å²) in [5.41, 5.74) is 2.68. The minimum atomic E-state index is 0.0139. The highest BCUT2D eigenvalue weighted by Gasteiger charge is 2.07. The zero-order valence-corrected chi connectivity index (χ0v) is 12.6. The number of aliphatic hydroxyl groups excluding tert-OH is 1. The van der Waals surface area contributed by atoms with E-state index in [-0.39, 0.29) is 6.61 Å². The standard InChI is InChI=1S/C14H17ClN2OS/c1-9(2)14-17-11(8-19-14)6-16-13-5-10(7-18)3-4-12(13)15/h3-5,8-9,16,18H,6-7H2,1-2H3. The molecular formula is C14H17ClN2OS. The van der Waals surface area contributed by atoms with Crippen LogP contribution in [0.15, 0.2) is 23.6 Å². The Morgan fingerprint density at radius 3 is 2.84 bits per heavy atom. The van der Waals surface area contributed by atoms with Crippen molar-refractivity contribution >= 4 is 28.6 Å². The van der Waals surface area contributed by atoms with Gasteiger partial charge in [0.2, 0.25) is 0 Å². The van der Waals surface area contributed by atoms with E-state index in [0.29, 0.717) is 17.5 Å². The number of aromatic nitrogens is 1. The first-order valence-electron chi connectivity index (χ1n) is 6.17. The van der Waals surface area contributed by atoms with E-state index in [0.717, 1.165) is 22.0 Å². The van der Waals surface area contributed by atoms with E-state index in [4.69, 9.17) is 16.7 Å². The molecule has 0 saturated carbocycles. The molecule has 0 radical (unpaired) electrons. The summed E-state index contributed by atoms with van der Waals surface area (Å²) in [7, 11) is 0. The van der Waals surface area contributed by atoms with E-state index in [1.165, 1.54) is 0 Å². The Morgan fingerprint density at radius 2 is 2.21 bits per heavy atom. The van der Waals surface area contributed by atoms with Crippen LogP contribution in [0, 0.1) is 0 Å². The van der Waals surface area contributed by atoms with Gasteiger partial charge in [-0.05, 0) is 17.7 Å². The Bertz CT molecular complexity index is 554. The van der Waals surface area contributed by atoms with Gasteiger partial charge in [-0.1, -0.05) is 31.5 Å². The molecular weight excluding hydrogens is 280 g/mol. The third kappa shape index (κ3) is 3.69. The van der Waals surface area contributed by atoms with E-state index < -0.39 is 0 Å². The Kier molecular flexibility index (Phi) is 4.80. The van der Waals surface area contributed by atoms with Crippen LogP contribution in [0.3, 0.4) is 0 Å². The summed E-state index contributed by atoms with van der Waals surface area (Å²) in [6, 6.07) is 5.46. The summed E-state index contributed by atoms with van der Waals surface area (Å²) in [5, 5.41) is 16.2. The molecule has 0 spiro atoms. The van der Waals surface area contributed by atoms with E-state index in [2.05, 4.69) is 29.5 Å². The van der Waals surface area contributed by atoms with Crippen LogP contribution in [0.2, 0.25) is 5.02 Å². The molecule has 1 aromatic carbocycles. The molecule has 0 unspecified atom stereocenters. The molecule has 0 aliphatic heterocycles. The number of anilines is 1. The topological polar surface area (TPSA) is 45.2 Å². The number of hydrogen-bond acceptors (Lipinski definition) is 4. The third-order valence-corrected chi connectivity index (χ3v) is 4.26. The fraction of sp³-hybridized carbons (Fsp3) is 0.357. The number of hydrogen-bond donors (Lipinski definition) is 2. The summed E-state index contributed by atoms with van der Waals surface area (Å²) in [6.45, 7) is 4.92. The molecule has 19 heavy (non-hydrogen) atoms. The lowest BCUT2D eigenvalue weighted by atomic mass is 10.2. The number of nitrogens with one attached hydrogen (secondary N) is 1. The van der Waals surface area contributed by atoms with Crippen LogP contribution in [0.1, 0.15) is 36.0 Å². The number of nitrogens with zero attached hydrogens (tertiary/aromatic N) is 1. The van der Waals surface area contributed by atoms with Gasteiger partial charge in [0, 0.05) is 11.3 Å². The fourth-order valence-corrected chi connectivity index (χ4v) is 2.68. The van der Waals surface area contributed by atoms with Gasteiger partial charge in [0.25, 0.3) is 0 Å². The van der Waals surface area contributed by atoms with Gasteiger partial charge in [0.15, 0.2) is 0 Å². The monoisotopic (exact) mass is 296 g/mol. The quantitative estimate of drug-likeness (QED) is 0.876. The van der Waals surface area contributed by atoms with Crippen molar-refractivity contribution < 1.29 is 5.11 Å². The highest BCUT2D eigenvalue weighted by atomic mass is 35.5. The molecule has 0 saturated heterocycles. The van der Waals surface area contributed by atoms with Crippen LogP contribution in [-0.4, -0.2) is 10.1 Å². The molecule has 0 aliphatic rings. The second-order valence-electron chi connectivity index (χ2n) is 4.66. The van der Waals surface area contributed by atoms with Crippen molar-refractivity contribution in [3.8, 4) is 0 Å². The Balaban J connectivity index is 2.05. The lowest BCUT2D eigenvalue weighted by Gasteiger charge is -2.08. The summed E-state index contributed by atoms with van der Waals surface area (Å²) in [5.74, 6) is 0.458. The lowest BCUT2D eigenvalue weighted by Crippen LogP contribution is -2.01. The Morgan fingerprint density at radius 1 is 1.42 bits per heavy atom. The first-order chi connectivity index (χ1) is 9.10. The van der Waals surface area contributed by atoms with Gasteiger partial charge >= 0.3 is 0 Å². The van der Waals surface area contributed by atoms with Crippen LogP contribution in [0.25, 0.3) is 0 Å². The van der Waals surface area contributed by atoms with Crippen molar-refractivity contribution in [1.29, 1.82) is 0 Å². The largest absolute Gasteiger partial charge is 0.392 e. The fourth-order valence-electron chi connectivity index (χ4n) is 1.66. The molecule has 102 valence electrons. The average molecular weight is 297 g/mol. The second-order valence-corrected chi connectivity index (χ2v) is 5.95. The maximum atomic E-state index is 9.12. The van der Waals surface area contributed by atoms with Crippen molar-refractivity contribution in [1.82, 2.24) is 4.98 Å². The Hall–Kier alpha value is -1.10. The lowest BCUT2D eigenvalue weighted by molar-refractivity contribution is 0.282. The number of rotatable bonds is 5. The van der Waals surface area contributed by atoms with Crippen molar-refractivity contribution in [2.45, 2.75) is 32.9 Å². The van der Waals surface area contributed by atoms with E-state index in [1.807, 2.05) is 12.1 Å². The van der Waals surface area contributed by atoms with Crippen LogP contribution in [0.4, 0.5) is 5.69 Å². The van der Waals surface area contributed by atoms with Crippen LogP contribution < -0.4 is 5.32 Å². The molecule has 0 amide bonds. The van der Waals surface area contributed by atoms with Gasteiger partial charge in [-0.25, -0.2) is 4.98 Å².